The van der Waals surface area contributed by atoms with E-state index in [1.54, 1.807) is 0 Å². The van der Waals surface area contributed by atoms with Gasteiger partial charge in [-0.1, -0.05) is 6.07 Å². The number of nitro groups is 1. The largest absolute Gasteiger partial charge is 0.457 e. The van der Waals surface area contributed by atoms with E-state index in [0.29, 0.717) is 6.29 Å². The Bertz CT molecular complexity index is 642. The Morgan fingerprint density at radius 3 is 2.63 bits per heavy atom. The second kappa shape index (κ2) is 5.26. The van der Waals surface area contributed by atoms with Gasteiger partial charge in [0, 0.05) is 17.7 Å². The first-order valence-electron chi connectivity index (χ1n) is 5.26. The Balaban J connectivity index is 2.30. The Hall–Kier alpha value is -2.76. The predicted octanol–water partition coefficient (Wildman–Crippen LogP) is 3.34. The molecule has 0 aliphatic rings. The van der Waals surface area contributed by atoms with Crippen LogP contribution in [0.4, 0.5) is 10.1 Å². The van der Waals surface area contributed by atoms with Crippen LogP contribution in [0.1, 0.15) is 10.4 Å². The molecule has 0 bridgehead atoms. The fourth-order valence-corrected chi connectivity index (χ4v) is 1.51. The minimum absolute atomic E-state index is 0.0996. The van der Waals surface area contributed by atoms with Crippen molar-refractivity contribution in [3.8, 4) is 11.5 Å². The second-order valence-electron chi connectivity index (χ2n) is 3.69. The van der Waals surface area contributed by atoms with Gasteiger partial charge in [0.25, 0.3) is 5.69 Å². The number of hydrogen-bond acceptors (Lipinski definition) is 4. The van der Waals surface area contributed by atoms with E-state index < -0.39 is 10.7 Å². The molecule has 0 saturated carbocycles. The molecule has 5 nitrogen and oxygen atoms in total. The standard InChI is InChI=1S/C13H8FNO4/c14-10-4-9(8-16)5-13(6-10)19-12-3-1-2-11(7-12)15(17)18/h1-8H. The summed E-state index contributed by atoms with van der Waals surface area (Å²) in [5.74, 6) is -0.329. The molecule has 2 aromatic rings. The summed E-state index contributed by atoms with van der Waals surface area (Å²) in [7, 11) is 0. The van der Waals surface area contributed by atoms with E-state index in [2.05, 4.69) is 0 Å². The molecule has 0 radical (unpaired) electrons. The van der Waals surface area contributed by atoms with Crippen LogP contribution in [0.15, 0.2) is 42.5 Å². The smallest absolute Gasteiger partial charge is 0.273 e. The van der Waals surface area contributed by atoms with Crippen molar-refractivity contribution in [1.29, 1.82) is 0 Å². The first-order chi connectivity index (χ1) is 9.08. The van der Waals surface area contributed by atoms with Crippen molar-refractivity contribution in [2.45, 2.75) is 0 Å². The van der Waals surface area contributed by atoms with E-state index >= 15 is 0 Å². The highest BCUT2D eigenvalue weighted by atomic mass is 19.1. The molecule has 96 valence electrons. The molecule has 6 heteroatoms. The van der Waals surface area contributed by atoms with Crippen molar-refractivity contribution < 1.29 is 18.8 Å². The molecule has 0 heterocycles. The van der Waals surface area contributed by atoms with Gasteiger partial charge >= 0.3 is 0 Å². The molecule has 2 aromatic carbocycles. The fraction of sp³-hybridized carbons (Fsp3) is 0. The maximum atomic E-state index is 13.2. The second-order valence-corrected chi connectivity index (χ2v) is 3.69. The normalized spacial score (nSPS) is 9.95. The van der Waals surface area contributed by atoms with Gasteiger partial charge in [-0.15, -0.1) is 0 Å². The van der Waals surface area contributed by atoms with Crippen molar-refractivity contribution in [2.24, 2.45) is 0 Å². The molecule has 0 fully saturated rings. The Morgan fingerprint density at radius 2 is 1.95 bits per heavy atom. The number of nitro benzene ring substituents is 1. The number of hydrogen-bond donors (Lipinski definition) is 0. The lowest BCUT2D eigenvalue weighted by Gasteiger charge is -2.06. The van der Waals surface area contributed by atoms with Gasteiger partial charge in [0.05, 0.1) is 11.0 Å². The van der Waals surface area contributed by atoms with Gasteiger partial charge in [-0.25, -0.2) is 4.39 Å². The molecule has 19 heavy (non-hydrogen) atoms. The third-order valence-electron chi connectivity index (χ3n) is 2.29. The van der Waals surface area contributed by atoms with Crippen LogP contribution in [0.5, 0.6) is 11.5 Å². The van der Waals surface area contributed by atoms with Crippen LogP contribution < -0.4 is 4.74 Å². The summed E-state index contributed by atoms with van der Waals surface area (Å²) < 4.78 is 18.5. The van der Waals surface area contributed by atoms with Gasteiger partial charge in [0.2, 0.25) is 0 Å². The maximum Gasteiger partial charge on any atom is 0.273 e. The zero-order chi connectivity index (χ0) is 13.8. The van der Waals surface area contributed by atoms with E-state index in [4.69, 9.17) is 4.74 Å². The molecule has 0 N–H and O–H groups in total. The van der Waals surface area contributed by atoms with E-state index in [-0.39, 0.29) is 22.7 Å². The van der Waals surface area contributed by atoms with Crippen LogP contribution in [0, 0.1) is 15.9 Å². The molecule has 0 aliphatic heterocycles. The third-order valence-corrected chi connectivity index (χ3v) is 2.29. The van der Waals surface area contributed by atoms with Gasteiger partial charge in [-0.2, -0.15) is 0 Å². The number of carbonyl (C=O) groups excluding carboxylic acids is 1. The van der Waals surface area contributed by atoms with Crippen LogP contribution in [-0.4, -0.2) is 11.2 Å². The molecular formula is C13H8FNO4. The molecule has 0 aliphatic carbocycles. The van der Waals surface area contributed by atoms with E-state index in [1.807, 2.05) is 0 Å². The predicted molar refractivity (Wildman–Crippen MR) is 65.0 cm³/mol. The van der Waals surface area contributed by atoms with E-state index in [1.165, 1.54) is 30.3 Å². The summed E-state index contributed by atoms with van der Waals surface area (Å²) in [6.45, 7) is 0. The van der Waals surface area contributed by atoms with Crippen LogP contribution in [0.3, 0.4) is 0 Å². The van der Waals surface area contributed by atoms with E-state index in [9.17, 15) is 19.3 Å². The zero-order valence-corrected chi connectivity index (χ0v) is 9.58. The number of nitrogens with zero attached hydrogens (tertiary/aromatic N) is 1. The average Bonchev–Trinajstić information content (AvgIpc) is 2.38. The van der Waals surface area contributed by atoms with Crippen LogP contribution in [0.25, 0.3) is 0 Å². The molecule has 0 saturated heterocycles. The molecule has 0 unspecified atom stereocenters. The number of benzene rings is 2. The van der Waals surface area contributed by atoms with E-state index in [0.717, 1.165) is 12.1 Å². The summed E-state index contributed by atoms with van der Waals surface area (Å²) in [6.07, 6.45) is 0.489. The minimum Gasteiger partial charge on any atom is -0.457 e. The third kappa shape index (κ3) is 3.12. The molecule has 0 aromatic heterocycles. The minimum atomic E-state index is -0.620. The lowest BCUT2D eigenvalue weighted by molar-refractivity contribution is -0.384. The van der Waals surface area contributed by atoms with Crippen molar-refractivity contribution in [2.75, 3.05) is 0 Å². The SMILES string of the molecule is O=Cc1cc(F)cc(Oc2cccc([N+](=O)[O-])c2)c1. The molecule has 0 amide bonds. The monoisotopic (exact) mass is 261 g/mol. The lowest BCUT2D eigenvalue weighted by atomic mass is 10.2. The number of halogens is 1. The van der Waals surface area contributed by atoms with Crippen LogP contribution >= 0.6 is 0 Å². The lowest BCUT2D eigenvalue weighted by Crippen LogP contribution is -1.91. The van der Waals surface area contributed by atoms with Crippen LogP contribution in [0.2, 0.25) is 0 Å². The highest BCUT2D eigenvalue weighted by Gasteiger charge is 2.08. The summed E-state index contributed by atoms with van der Waals surface area (Å²) >= 11 is 0. The summed E-state index contributed by atoms with van der Waals surface area (Å²) in [6, 6.07) is 8.97. The van der Waals surface area contributed by atoms with Crippen molar-refractivity contribution in [3.05, 3.63) is 64.0 Å². The topological polar surface area (TPSA) is 69.4 Å². The molecule has 0 atom stereocenters. The highest BCUT2D eigenvalue weighted by molar-refractivity contribution is 5.75. The van der Waals surface area contributed by atoms with Crippen LogP contribution in [-0.2, 0) is 0 Å². The maximum absolute atomic E-state index is 13.2. The van der Waals surface area contributed by atoms with Gasteiger partial charge in [-0.3, -0.25) is 14.9 Å². The molecular weight excluding hydrogens is 253 g/mol. The summed E-state index contributed by atoms with van der Waals surface area (Å²) in [4.78, 5) is 20.6. The number of rotatable bonds is 4. The Morgan fingerprint density at radius 1 is 1.16 bits per heavy atom. The number of carbonyl (C=O) groups is 1. The van der Waals surface area contributed by atoms with Gasteiger partial charge < -0.3 is 4.74 Å². The van der Waals surface area contributed by atoms with Crippen molar-refractivity contribution >= 4 is 12.0 Å². The quantitative estimate of drug-likeness (QED) is 0.480. The number of ether oxygens (including phenoxy) is 1. The Kier molecular flexibility index (Phi) is 3.51. The van der Waals surface area contributed by atoms with Gasteiger partial charge in [0.1, 0.15) is 23.6 Å². The molecule has 0 spiro atoms. The summed E-state index contributed by atoms with van der Waals surface area (Å²) in [5.41, 5.74) is -0.00931. The average molecular weight is 261 g/mol. The number of non-ortho nitro benzene ring substituents is 1. The van der Waals surface area contributed by atoms with Gasteiger partial charge in [-0.05, 0) is 18.2 Å². The van der Waals surface area contributed by atoms with Gasteiger partial charge in [0.15, 0.2) is 0 Å². The van der Waals surface area contributed by atoms with Crippen molar-refractivity contribution in [3.63, 3.8) is 0 Å². The van der Waals surface area contributed by atoms with Crippen molar-refractivity contribution in [1.82, 2.24) is 0 Å². The summed E-state index contributed by atoms with van der Waals surface area (Å²) in [5, 5.41) is 10.6. The number of aldehydes is 1. The zero-order valence-electron chi connectivity index (χ0n) is 9.58. The fourth-order valence-electron chi connectivity index (χ4n) is 1.51. The molecule has 2 rings (SSSR count). The Labute approximate surface area is 107 Å². The first-order valence-corrected chi connectivity index (χ1v) is 5.26. The highest BCUT2D eigenvalue weighted by Crippen LogP contribution is 2.26. The first kappa shape index (κ1) is 12.7.